The van der Waals surface area contributed by atoms with Crippen molar-refractivity contribution in [3.05, 3.63) is 39.4 Å². The number of nitro benzene ring substituents is 1. The fourth-order valence-corrected chi connectivity index (χ4v) is 1.26. The Morgan fingerprint density at radius 2 is 2.14 bits per heavy atom. The average molecular weight is 193 g/mol. The number of aryl methyl sites for hydroxylation is 1. The van der Waals surface area contributed by atoms with Crippen molar-refractivity contribution in [2.75, 3.05) is 0 Å². The van der Waals surface area contributed by atoms with Gasteiger partial charge in [0.15, 0.2) is 5.78 Å². The van der Waals surface area contributed by atoms with Gasteiger partial charge in [0, 0.05) is 24.1 Å². The number of nitro groups is 1. The minimum atomic E-state index is -0.465. The molecule has 0 saturated carbocycles. The zero-order valence-corrected chi connectivity index (χ0v) is 8.11. The molecular formula is C10H11NO3. The van der Waals surface area contributed by atoms with Gasteiger partial charge in [0.05, 0.1) is 4.92 Å². The molecule has 0 aliphatic rings. The third-order valence-electron chi connectivity index (χ3n) is 2.04. The predicted octanol–water partition coefficient (Wildman–Crippen LogP) is 2.50. The molecular weight excluding hydrogens is 182 g/mol. The van der Waals surface area contributed by atoms with E-state index in [1.165, 1.54) is 18.2 Å². The number of nitrogens with zero attached hydrogens (tertiary/aromatic N) is 1. The highest BCUT2D eigenvalue weighted by Gasteiger charge is 2.11. The standard InChI is InChI=1S/C10H11NO3/c1-3-10(12)9-5-4-8(11(13)14)6-7(9)2/h4-6H,3H2,1-2H3. The molecule has 1 aromatic rings. The van der Waals surface area contributed by atoms with Crippen LogP contribution in [0.2, 0.25) is 0 Å². The molecule has 0 amide bonds. The molecule has 4 nitrogen and oxygen atoms in total. The summed E-state index contributed by atoms with van der Waals surface area (Å²) in [7, 11) is 0. The summed E-state index contributed by atoms with van der Waals surface area (Å²) in [6, 6.07) is 4.29. The van der Waals surface area contributed by atoms with Crippen LogP contribution in [-0.4, -0.2) is 10.7 Å². The van der Waals surface area contributed by atoms with Crippen LogP contribution in [-0.2, 0) is 0 Å². The number of benzene rings is 1. The molecule has 0 atom stereocenters. The molecule has 0 fully saturated rings. The fraction of sp³-hybridized carbons (Fsp3) is 0.300. The van der Waals surface area contributed by atoms with Gasteiger partial charge >= 0.3 is 0 Å². The highest BCUT2D eigenvalue weighted by Crippen LogP contribution is 2.18. The predicted molar refractivity (Wildman–Crippen MR) is 52.5 cm³/mol. The lowest BCUT2D eigenvalue weighted by atomic mass is 10.0. The average Bonchev–Trinajstić information content (AvgIpc) is 2.16. The number of hydrogen-bond donors (Lipinski definition) is 0. The van der Waals surface area contributed by atoms with Crippen LogP contribution in [0.3, 0.4) is 0 Å². The molecule has 0 heterocycles. The van der Waals surface area contributed by atoms with Gasteiger partial charge in [-0.25, -0.2) is 0 Å². The van der Waals surface area contributed by atoms with Gasteiger partial charge in [-0.1, -0.05) is 6.92 Å². The first-order chi connectivity index (χ1) is 6.56. The second-order valence-corrected chi connectivity index (χ2v) is 3.03. The van der Waals surface area contributed by atoms with E-state index in [9.17, 15) is 14.9 Å². The van der Waals surface area contributed by atoms with Crippen LogP contribution in [0, 0.1) is 17.0 Å². The van der Waals surface area contributed by atoms with E-state index in [1.807, 2.05) is 0 Å². The Kier molecular flexibility index (Phi) is 2.96. The summed E-state index contributed by atoms with van der Waals surface area (Å²) in [6.45, 7) is 3.47. The summed E-state index contributed by atoms with van der Waals surface area (Å²) in [5, 5.41) is 10.4. The van der Waals surface area contributed by atoms with Crippen LogP contribution in [0.25, 0.3) is 0 Å². The van der Waals surface area contributed by atoms with Crippen molar-refractivity contribution in [3.8, 4) is 0 Å². The normalized spacial score (nSPS) is 9.86. The van der Waals surface area contributed by atoms with Gasteiger partial charge in [-0.3, -0.25) is 14.9 Å². The summed E-state index contributed by atoms with van der Waals surface area (Å²) in [5.74, 6) is 0.0115. The molecule has 0 aromatic heterocycles. The molecule has 14 heavy (non-hydrogen) atoms. The quantitative estimate of drug-likeness (QED) is 0.421. The van der Waals surface area contributed by atoms with Crippen LogP contribution in [0.15, 0.2) is 18.2 Å². The molecule has 0 unspecified atom stereocenters. The summed E-state index contributed by atoms with van der Waals surface area (Å²) in [5.41, 5.74) is 1.25. The van der Waals surface area contributed by atoms with Gasteiger partial charge in [0.25, 0.3) is 5.69 Å². The van der Waals surface area contributed by atoms with Gasteiger partial charge in [0.1, 0.15) is 0 Å². The molecule has 0 aliphatic carbocycles. The maximum absolute atomic E-state index is 11.3. The van der Waals surface area contributed by atoms with Crippen molar-refractivity contribution in [2.24, 2.45) is 0 Å². The molecule has 0 saturated heterocycles. The largest absolute Gasteiger partial charge is 0.294 e. The van der Waals surface area contributed by atoms with Crippen molar-refractivity contribution in [2.45, 2.75) is 20.3 Å². The lowest BCUT2D eigenvalue weighted by Gasteiger charge is -2.02. The van der Waals surface area contributed by atoms with Crippen molar-refractivity contribution in [1.82, 2.24) is 0 Å². The van der Waals surface area contributed by atoms with Gasteiger partial charge in [-0.05, 0) is 18.6 Å². The van der Waals surface area contributed by atoms with Crippen molar-refractivity contribution in [3.63, 3.8) is 0 Å². The number of carbonyl (C=O) groups excluding carboxylic acids is 1. The van der Waals surface area contributed by atoms with E-state index in [-0.39, 0.29) is 11.5 Å². The van der Waals surface area contributed by atoms with E-state index in [0.29, 0.717) is 17.5 Å². The number of Topliss-reactive ketones (excluding diaryl/α,β-unsaturated/α-hetero) is 1. The summed E-state index contributed by atoms with van der Waals surface area (Å²) in [6.07, 6.45) is 0.415. The van der Waals surface area contributed by atoms with Gasteiger partial charge in [-0.15, -0.1) is 0 Å². The zero-order chi connectivity index (χ0) is 10.7. The second kappa shape index (κ2) is 4.00. The van der Waals surface area contributed by atoms with E-state index in [2.05, 4.69) is 0 Å². The highest BCUT2D eigenvalue weighted by molar-refractivity contribution is 5.97. The molecule has 0 radical (unpaired) electrons. The van der Waals surface area contributed by atoms with Crippen molar-refractivity contribution >= 4 is 11.5 Å². The van der Waals surface area contributed by atoms with Crippen LogP contribution in [0.5, 0.6) is 0 Å². The smallest absolute Gasteiger partial charge is 0.269 e. The number of carbonyl (C=O) groups is 1. The van der Waals surface area contributed by atoms with Gasteiger partial charge < -0.3 is 0 Å². The van der Waals surface area contributed by atoms with Crippen molar-refractivity contribution < 1.29 is 9.72 Å². The molecule has 0 spiro atoms. The molecule has 1 aromatic carbocycles. The number of ketones is 1. The maximum atomic E-state index is 11.3. The van der Waals surface area contributed by atoms with E-state index in [0.717, 1.165) is 0 Å². The first-order valence-electron chi connectivity index (χ1n) is 4.34. The van der Waals surface area contributed by atoms with Crippen LogP contribution in [0.1, 0.15) is 29.3 Å². The number of non-ortho nitro benzene ring substituents is 1. The molecule has 0 bridgehead atoms. The van der Waals surface area contributed by atoms with Crippen LogP contribution < -0.4 is 0 Å². The summed E-state index contributed by atoms with van der Waals surface area (Å²) in [4.78, 5) is 21.3. The lowest BCUT2D eigenvalue weighted by molar-refractivity contribution is -0.384. The Labute approximate surface area is 81.7 Å². The number of rotatable bonds is 3. The van der Waals surface area contributed by atoms with Gasteiger partial charge in [0.2, 0.25) is 0 Å². The van der Waals surface area contributed by atoms with E-state index in [1.54, 1.807) is 13.8 Å². The Morgan fingerprint density at radius 1 is 1.50 bits per heavy atom. The van der Waals surface area contributed by atoms with Crippen molar-refractivity contribution in [1.29, 1.82) is 0 Å². The minimum absolute atomic E-state index is 0.0115. The lowest BCUT2D eigenvalue weighted by Crippen LogP contribution is -2.00. The Balaban J connectivity index is 3.14. The van der Waals surface area contributed by atoms with E-state index in [4.69, 9.17) is 0 Å². The third kappa shape index (κ3) is 1.96. The first kappa shape index (κ1) is 10.4. The Morgan fingerprint density at radius 3 is 2.57 bits per heavy atom. The van der Waals surface area contributed by atoms with Gasteiger partial charge in [-0.2, -0.15) is 0 Å². The molecule has 1 rings (SSSR count). The van der Waals surface area contributed by atoms with E-state index < -0.39 is 4.92 Å². The highest BCUT2D eigenvalue weighted by atomic mass is 16.6. The topological polar surface area (TPSA) is 60.2 Å². The molecule has 0 N–H and O–H groups in total. The Hall–Kier alpha value is -1.71. The van der Waals surface area contributed by atoms with E-state index >= 15 is 0 Å². The van der Waals surface area contributed by atoms with Crippen LogP contribution >= 0.6 is 0 Å². The first-order valence-corrected chi connectivity index (χ1v) is 4.34. The number of hydrogen-bond acceptors (Lipinski definition) is 3. The zero-order valence-electron chi connectivity index (χ0n) is 8.11. The minimum Gasteiger partial charge on any atom is -0.294 e. The molecule has 4 heteroatoms. The summed E-state index contributed by atoms with van der Waals surface area (Å²) < 4.78 is 0. The maximum Gasteiger partial charge on any atom is 0.269 e. The molecule has 0 aliphatic heterocycles. The Bertz CT molecular complexity index is 385. The SMILES string of the molecule is CCC(=O)c1ccc([N+](=O)[O-])cc1C. The fourth-order valence-electron chi connectivity index (χ4n) is 1.26. The third-order valence-corrected chi connectivity index (χ3v) is 2.04. The monoisotopic (exact) mass is 193 g/mol. The van der Waals surface area contributed by atoms with Crippen LogP contribution in [0.4, 0.5) is 5.69 Å². The summed E-state index contributed by atoms with van der Waals surface area (Å²) >= 11 is 0. The second-order valence-electron chi connectivity index (χ2n) is 3.03. The molecule has 74 valence electrons.